The lowest BCUT2D eigenvalue weighted by atomic mass is 9.95. The van der Waals surface area contributed by atoms with Gasteiger partial charge in [0, 0.05) is 56.5 Å². The summed E-state index contributed by atoms with van der Waals surface area (Å²) in [5.41, 5.74) is 12.7. The highest BCUT2D eigenvalue weighted by molar-refractivity contribution is 6.19. The van der Waals surface area contributed by atoms with Gasteiger partial charge in [-0.15, -0.1) is 0 Å². The molecule has 0 radical (unpaired) electrons. The molecule has 5 heteroatoms. The minimum Gasteiger partial charge on any atom is -0.309 e. The number of aromatic nitrogens is 4. The number of rotatable bonds is 3. The molecule has 0 spiro atoms. The third kappa shape index (κ3) is 3.88. The van der Waals surface area contributed by atoms with Crippen LogP contribution in [-0.2, 0) is 0 Å². The highest BCUT2D eigenvalue weighted by Gasteiger charge is 2.30. The Labute approximate surface area is 277 Å². The molecule has 3 aromatic heterocycles. The van der Waals surface area contributed by atoms with Gasteiger partial charge in [0.1, 0.15) is 0 Å². The van der Waals surface area contributed by atoms with Gasteiger partial charge in [0.15, 0.2) is 0 Å². The molecule has 9 aromatic rings. The van der Waals surface area contributed by atoms with Gasteiger partial charge in [-0.05, 0) is 48.0 Å². The van der Waals surface area contributed by atoms with E-state index in [1.54, 1.807) is 0 Å². The predicted octanol–water partition coefficient (Wildman–Crippen LogP) is 10.9. The van der Waals surface area contributed by atoms with Gasteiger partial charge in [0.05, 0.1) is 33.6 Å². The second-order valence-electron chi connectivity index (χ2n) is 12.1. The van der Waals surface area contributed by atoms with Crippen LogP contribution in [0.1, 0.15) is 0 Å². The zero-order valence-corrected chi connectivity index (χ0v) is 25.8. The number of fused-ring (bicyclic) bond motifs is 10. The van der Waals surface area contributed by atoms with E-state index >= 15 is 0 Å². The van der Waals surface area contributed by atoms with Crippen LogP contribution in [0.5, 0.6) is 0 Å². The molecule has 0 amide bonds. The molecular formula is C43H27N5. The van der Waals surface area contributed by atoms with Crippen LogP contribution in [0.2, 0.25) is 0 Å². The predicted molar refractivity (Wildman–Crippen MR) is 196 cm³/mol. The summed E-state index contributed by atoms with van der Waals surface area (Å²) in [6, 6.07) is 53.2. The maximum atomic E-state index is 5.38. The normalized spacial score (nSPS) is 12.1. The standard InChI is InChI=1S/C43H27N5/c1-3-13-28(14-4-1)41-34-19-7-10-20-36(34)45-43(46-41)48-38-22-12-9-18-32(38)33-23-24-39-40(42(33)48)35-27-44-26-25-30(35)31-17-8-11-21-37(31)47(39)29-15-5-2-6-16-29/h1-27H. The topological polar surface area (TPSA) is 46.8 Å². The minimum atomic E-state index is 0.630. The highest BCUT2D eigenvalue weighted by atomic mass is 15.2. The number of nitrogens with zero attached hydrogens (tertiary/aromatic N) is 5. The van der Waals surface area contributed by atoms with Crippen molar-refractivity contribution in [2.45, 2.75) is 0 Å². The van der Waals surface area contributed by atoms with E-state index in [-0.39, 0.29) is 0 Å². The lowest BCUT2D eigenvalue weighted by Crippen LogP contribution is -2.11. The molecule has 10 rings (SSSR count). The molecule has 5 nitrogen and oxygen atoms in total. The minimum absolute atomic E-state index is 0.630. The van der Waals surface area contributed by atoms with Crippen LogP contribution >= 0.6 is 0 Å². The van der Waals surface area contributed by atoms with E-state index in [4.69, 9.17) is 15.0 Å². The first-order valence-electron chi connectivity index (χ1n) is 16.1. The first kappa shape index (κ1) is 26.6. The van der Waals surface area contributed by atoms with E-state index < -0.39 is 0 Å². The number of anilines is 3. The van der Waals surface area contributed by atoms with Crippen LogP contribution in [0.25, 0.3) is 72.2 Å². The molecule has 0 bridgehead atoms. The number of para-hydroxylation sites is 4. The Balaban J connectivity index is 1.40. The van der Waals surface area contributed by atoms with Gasteiger partial charge in [-0.1, -0.05) is 109 Å². The van der Waals surface area contributed by atoms with E-state index in [1.807, 2.05) is 24.5 Å². The maximum Gasteiger partial charge on any atom is 0.235 e. The quantitative estimate of drug-likeness (QED) is 0.199. The average molecular weight is 614 g/mol. The molecule has 0 saturated heterocycles. The van der Waals surface area contributed by atoms with Crippen LogP contribution in [-0.4, -0.2) is 19.5 Å². The van der Waals surface area contributed by atoms with Crippen molar-refractivity contribution in [3.8, 4) is 39.5 Å². The Morgan fingerprint density at radius 2 is 1.21 bits per heavy atom. The smallest absolute Gasteiger partial charge is 0.235 e. The molecule has 0 unspecified atom stereocenters. The molecule has 48 heavy (non-hydrogen) atoms. The first-order chi connectivity index (χ1) is 23.8. The van der Waals surface area contributed by atoms with Gasteiger partial charge < -0.3 is 4.90 Å². The van der Waals surface area contributed by atoms with E-state index in [1.165, 1.54) is 0 Å². The van der Waals surface area contributed by atoms with Crippen LogP contribution in [0.15, 0.2) is 164 Å². The summed E-state index contributed by atoms with van der Waals surface area (Å²) in [4.78, 5) is 17.7. The Kier molecular flexibility index (Phi) is 5.81. The Morgan fingerprint density at radius 1 is 0.479 bits per heavy atom. The summed E-state index contributed by atoms with van der Waals surface area (Å²) in [5, 5.41) is 3.30. The van der Waals surface area contributed by atoms with Gasteiger partial charge in [-0.25, -0.2) is 9.97 Å². The molecule has 0 atom stereocenters. The van der Waals surface area contributed by atoms with Crippen LogP contribution in [0, 0.1) is 0 Å². The summed E-state index contributed by atoms with van der Waals surface area (Å²) in [6.07, 6.45) is 3.90. The molecule has 4 heterocycles. The zero-order chi connectivity index (χ0) is 31.6. The number of hydrogen-bond acceptors (Lipinski definition) is 4. The Bertz CT molecular complexity index is 2680. The molecule has 6 aromatic carbocycles. The average Bonchev–Trinajstić information content (AvgIpc) is 3.43. The molecular weight excluding hydrogens is 587 g/mol. The lowest BCUT2D eigenvalue weighted by Gasteiger charge is -2.27. The summed E-state index contributed by atoms with van der Waals surface area (Å²) in [5.74, 6) is 0.630. The summed E-state index contributed by atoms with van der Waals surface area (Å²) < 4.78 is 2.26. The van der Waals surface area contributed by atoms with Crippen LogP contribution < -0.4 is 4.90 Å². The summed E-state index contributed by atoms with van der Waals surface area (Å²) in [7, 11) is 0. The van der Waals surface area contributed by atoms with E-state index in [2.05, 4.69) is 149 Å². The zero-order valence-electron chi connectivity index (χ0n) is 25.8. The van der Waals surface area contributed by atoms with E-state index in [0.29, 0.717) is 5.95 Å². The van der Waals surface area contributed by atoms with Gasteiger partial charge >= 0.3 is 0 Å². The van der Waals surface area contributed by atoms with Crippen molar-refractivity contribution in [3.63, 3.8) is 0 Å². The van der Waals surface area contributed by atoms with Crippen molar-refractivity contribution < 1.29 is 0 Å². The van der Waals surface area contributed by atoms with Crippen LogP contribution in [0.3, 0.4) is 0 Å². The van der Waals surface area contributed by atoms with E-state index in [9.17, 15) is 0 Å². The molecule has 0 saturated carbocycles. The van der Waals surface area contributed by atoms with Gasteiger partial charge in [0.2, 0.25) is 5.95 Å². The maximum absolute atomic E-state index is 5.38. The third-order valence-electron chi connectivity index (χ3n) is 9.43. The van der Waals surface area contributed by atoms with Gasteiger partial charge in [0.25, 0.3) is 0 Å². The van der Waals surface area contributed by atoms with Gasteiger partial charge in [-0.3, -0.25) is 9.55 Å². The summed E-state index contributed by atoms with van der Waals surface area (Å²) in [6.45, 7) is 0. The largest absolute Gasteiger partial charge is 0.309 e. The second-order valence-corrected chi connectivity index (χ2v) is 12.1. The summed E-state index contributed by atoms with van der Waals surface area (Å²) >= 11 is 0. The SMILES string of the molecule is c1ccc(-c2nc(-n3c4ccccc4c4ccc5c(c43)-c3cnccc3-c3ccccc3N5c3ccccc3)nc3ccccc23)cc1. The molecule has 224 valence electrons. The van der Waals surface area contributed by atoms with Crippen molar-refractivity contribution in [2.75, 3.05) is 4.90 Å². The third-order valence-corrected chi connectivity index (χ3v) is 9.43. The van der Waals surface area contributed by atoms with Crippen molar-refractivity contribution in [1.29, 1.82) is 0 Å². The number of hydrogen-bond donors (Lipinski definition) is 0. The number of benzene rings is 6. The molecule has 0 fully saturated rings. The van der Waals surface area contributed by atoms with Gasteiger partial charge in [-0.2, -0.15) is 0 Å². The molecule has 1 aliphatic rings. The Morgan fingerprint density at radius 3 is 2.08 bits per heavy atom. The number of pyridine rings is 1. The lowest BCUT2D eigenvalue weighted by molar-refractivity contribution is 1.01. The van der Waals surface area contributed by atoms with Crippen LogP contribution in [0.4, 0.5) is 17.1 Å². The highest BCUT2D eigenvalue weighted by Crippen LogP contribution is 2.53. The fourth-order valence-corrected chi connectivity index (χ4v) is 7.40. The fraction of sp³-hybridized carbons (Fsp3) is 0. The van der Waals surface area contributed by atoms with Crippen molar-refractivity contribution in [3.05, 3.63) is 164 Å². The van der Waals surface area contributed by atoms with Crippen molar-refractivity contribution in [2.24, 2.45) is 0 Å². The van der Waals surface area contributed by atoms with Crippen molar-refractivity contribution >= 4 is 49.8 Å². The monoisotopic (exact) mass is 613 g/mol. The first-order valence-corrected chi connectivity index (χ1v) is 16.1. The molecule has 0 N–H and O–H groups in total. The Hall–Kier alpha value is -6.59. The fourth-order valence-electron chi connectivity index (χ4n) is 7.40. The van der Waals surface area contributed by atoms with Crippen molar-refractivity contribution in [1.82, 2.24) is 19.5 Å². The molecule has 1 aliphatic heterocycles. The van der Waals surface area contributed by atoms with E-state index in [0.717, 1.165) is 83.3 Å². The molecule has 0 aliphatic carbocycles. The second kappa shape index (κ2) is 10.5.